The first-order valence-corrected chi connectivity index (χ1v) is 6.99. The van der Waals surface area contributed by atoms with E-state index < -0.39 is 6.10 Å². The summed E-state index contributed by atoms with van der Waals surface area (Å²) in [5.74, 6) is 0.221. The predicted octanol–water partition coefficient (Wildman–Crippen LogP) is 1.32. The summed E-state index contributed by atoms with van der Waals surface area (Å²) in [6, 6.07) is 9.56. The third kappa shape index (κ3) is 4.33. The zero-order valence-corrected chi connectivity index (χ0v) is 11.2. The average molecular weight is 262 g/mol. The van der Waals surface area contributed by atoms with Crippen molar-refractivity contribution in [2.75, 3.05) is 26.2 Å². The summed E-state index contributed by atoms with van der Waals surface area (Å²) in [5.41, 5.74) is 0.904. The molecule has 1 fully saturated rings. The van der Waals surface area contributed by atoms with Crippen molar-refractivity contribution < 1.29 is 9.90 Å². The summed E-state index contributed by atoms with van der Waals surface area (Å²) < 4.78 is 0. The Kier molecular flexibility index (Phi) is 5.36. The van der Waals surface area contributed by atoms with E-state index in [1.165, 1.54) is 0 Å². The van der Waals surface area contributed by atoms with Crippen LogP contribution in [-0.2, 0) is 4.79 Å². The molecule has 1 aromatic rings. The van der Waals surface area contributed by atoms with Crippen LogP contribution in [0.4, 0.5) is 0 Å². The molecule has 1 saturated heterocycles. The van der Waals surface area contributed by atoms with E-state index in [2.05, 4.69) is 5.32 Å². The lowest BCUT2D eigenvalue weighted by Crippen LogP contribution is -2.31. The fourth-order valence-electron chi connectivity index (χ4n) is 2.35. The van der Waals surface area contributed by atoms with Crippen molar-refractivity contribution in [3.05, 3.63) is 35.9 Å². The number of rotatable bonds is 6. The van der Waals surface area contributed by atoms with Crippen molar-refractivity contribution in [1.82, 2.24) is 10.2 Å². The van der Waals surface area contributed by atoms with Gasteiger partial charge in [-0.15, -0.1) is 0 Å². The van der Waals surface area contributed by atoms with Crippen molar-refractivity contribution >= 4 is 5.91 Å². The second-order valence-corrected chi connectivity index (χ2v) is 4.97. The van der Waals surface area contributed by atoms with Crippen molar-refractivity contribution in [2.24, 2.45) is 0 Å². The topological polar surface area (TPSA) is 52.6 Å². The second-order valence-electron chi connectivity index (χ2n) is 4.97. The van der Waals surface area contributed by atoms with Gasteiger partial charge in [0, 0.05) is 32.6 Å². The molecule has 2 N–H and O–H groups in total. The maximum atomic E-state index is 11.8. The molecule has 1 aliphatic heterocycles. The van der Waals surface area contributed by atoms with Gasteiger partial charge >= 0.3 is 0 Å². The molecule has 2 rings (SSSR count). The van der Waals surface area contributed by atoms with Gasteiger partial charge in [-0.3, -0.25) is 4.79 Å². The smallest absolute Gasteiger partial charge is 0.223 e. The molecular formula is C15H22N2O2. The Labute approximate surface area is 114 Å². The minimum absolute atomic E-state index is 0.221. The molecule has 4 heteroatoms. The van der Waals surface area contributed by atoms with E-state index in [1.807, 2.05) is 35.2 Å². The van der Waals surface area contributed by atoms with Crippen LogP contribution in [0.3, 0.4) is 0 Å². The molecule has 0 aromatic heterocycles. The van der Waals surface area contributed by atoms with Crippen LogP contribution in [0.2, 0.25) is 0 Å². The predicted molar refractivity (Wildman–Crippen MR) is 74.7 cm³/mol. The molecular weight excluding hydrogens is 240 g/mol. The van der Waals surface area contributed by atoms with Gasteiger partial charge in [-0.25, -0.2) is 0 Å². The molecule has 0 spiro atoms. The molecule has 104 valence electrons. The standard InChI is InChI=1S/C15H22N2O2/c18-14(13-6-2-1-3-7-13)12-16-9-8-15(19)17-10-4-5-11-17/h1-3,6-7,14,16,18H,4-5,8-12H2. The Morgan fingerprint density at radius 3 is 2.63 bits per heavy atom. The van der Waals surface area contributed by atoms with Crippen LogP contribution in [-0.4, -0.2) is 42.1 Å². The number of benzene rings is 1. The number of nitrogens with one attached hydrogen (secondary N) is 1. The van der Waals surface area contributed by atoms with Gasteiger partial charge in [0.2, 0.25) is 5.91 Å². The molecule has 19 heavy (non-hydrogen) atoms. The molecule has 1 aliphatic rings. The van der Waals surface area contributed by atoms with E-state index in [9.17, 15) is 9.90 Å². The van der Waals surface area contributed by atoms with Crippen LogP contribution in [0, 0.1) is 0 Å². The van der Waals surface area contributed by atoms with Crippen LogP contribution in [0.1, 0.15) is 30.9 Å². The fourth-order valence-corrected chi connectivity index (χ4v) is 2.35. The summed E-state index contributed by atoms with van der Waals surface area (Å²) in [7, 11) is 0. The van der Waals surface area contributed by atoms with Crippen LogP contribution in [0.25, 0.3) is 0 Å². The number of carbonyl (C=O) groups excluding carboxylic acids is 1. The quantitative estimate of drug-likeness (QED) is 0.760. The summed E-state index contributed by atoms with van der Waals surface area (Å²) in [6.07, 6.45) is 2.27. The van der Waals surface area contributed by atoms with Gasteiger partial charge in [-0.1, -0.05) is 30.3 Å². The van der Waals surface area contributed by atoms with Crippen molar-refractivity contribution in [1.29, 1.82) is 0 Å². The average Bonchev–Trinajstić information content (AvgIpc) is 2.98. The molecule has 1 aromatic carbocycles. The Hall–Kier alpha value is -1.39. The molecule has 1 atom stereocenters. The van der Waals surface area contributed by atoms with Crippen LogP contribution in [0.5, 0.6) is 0 Å². The first kappa shape index (κ1) is 14.0. The number of hydrogen-bond donors (Lipinski definition) is 2. The maximum absolute atomic E-state index is 11.8. The van der Waals surface area contributed by atoms with E-state index in [1.54, 1.807) is 0 Å². The van der Waals surface area contributed by atoms with E-state index in [0.717, 1.165) is 31.5 Å². The van der Waals surface area contributed by atoms with Gasteiger partial charge in [0.1, 0.15) is 0 Å². The molecule has 0 saturated carbocycles. The molecule has 4 nitrogen and oxygen atoms in total. The normalized spacial score (nSPS) is 16.6. The van der Waals surface area contributed by atoms with Crippen molar-refractivity contribution in [2.45, 2.75) is 25.4 Å². The Balaban J connectivity index is 1.62. The summed E-state index contributed by atoms with van der Waals surface area (Å²) in [6.45, 7) is 2.92. The van der Waals surface area contributed by atoms with Crippen molar-refractivity contribution in [3.8, 4) is 0 Å². The number of likely N-dealkylation sites (tertiary alicyclic amines) is 1. The lowest BCUT2D eigenvalue weighted by Gasteiger charge is -2.16. The fraction of sp³-hybridized carbons (Fsp3) is 0.533. The van der Waals surface area contributed by atoms with Gasteiger partial charge in [0.25, 0.3) is 0 Å². The lowest BCUT2D eigenvalue weighted by atomic mass is 10.1. The molecule has 0 radical (unpaired) electrons. The molecule has 1 unspecified atom stereocenters. The van der Waals surface area contributed by atoms with Gasteiger partial charge in [0.05, 0.1) is 6.10 Å². The highest BCUT2D eigenvalue weighted by atomic mass is 16.3. The van der Waals surface area contributed by atoms with Gasteiger partial charge in [0.15, 0.2) is 0 Å². The largest absolute Gasteiger partial charge is 0.387 e. The van der Waals surface area contributed by atoms with E-state index in [4.69, 9.17) is 0 Å². The third-order valence-corrected chi connectivity index (χ3v) is 3.50. The summed E-state index contributed by atoms with van der Waals surface area (Å²) in [5, 5.41) is 13.1. The van der Waals surface area contributed by atoms with Gasteiger partial charge in [-0.2, -0.15) is 0 Å². The zero-order chi connectivity index (χ0) is 13.5. The van der Waals surface area contributed by atoms with E-state index in [-0.39, 0.29) is 5.91 Å². The number of aliphatic hydroxyl groups is 1. The maximum Gasteiger partial charge on any atom is 0.223 e. The number of aliphatic hydroxyl groups excluding tert-OH is 1. The SMILES string of the molecule is O=C(CCNCC(O)c1ccccc1)N1CCCC1. The molecule has 1 amide bonds. The minimum atomic E-state index is -0.511. The zero-order valence-electron chi connectivity index (χ0n) is 11.2. The molecule has 0 aliphatic carbocycles. The van der Waals surface area contributed by atoms with E-state index >= 15 is 0 Å². The van der Waals surface area contributed by atoms with Crippen LogP contribution < -0.4 is 5.32 Å². The first-order valence-electron chi connectivity index (χ1n) is 6.99. The monoisotopic (exact) mass is 262 g/mol. The molecule has 1 heterocycles. The number of nitrogens with zero attached hydrogens (tertiary/aromatic N) is 1. The number of amides is 1. The first-order chi connectivity index (χ1) is 9.27. The summed E-state index contributed by atoms with van der Waals surface area (Å²) >= 11 is 0. The highest BCUT2D eigenvalue weighted by Gasteiger charge is 2.17. The highest BCUT2D eigenvalue weighted by molar-refractivity contribution is 5.76. The van der Waals surface area contributed by atoms with Crippen LogP contribution >= 0.6 is 0 Å². The molecule has 0 bridgehead atoms. The lowest BCUT2D eigenvalue weighted by molar-refractivity contribution is -0.130. The van der Waals surface area contributed by atoms with E-state index in [0.29, 0.717) is 19.5 Å². The van der Waals surface area contributed by atoms with Gasteiger partial charge in [-0.05, 0) is 18.4 Å². The minimum Gasteiger partial charge on any atom is -0.387 e. The third-order valence-electron chi connectivity index (χ3n) is 3.50. The Morgan fingerprint density at radius 1 is 1.26 bits per heavy atom. The van der Waals surface area contributed by atoms with Gasteiger partial charge < -0.3 is 15.3 Å². The number of carbonyl (C=O) groups is 1. The number of hydrogen-bond acceptors (Lipinski definition) is 3. The van der Waals surface area contributed by atoms with Crippen molar-refractivity contribution in [3.63, 3.8) is 0 Å². The van der Waals surface area contributed by atoms with Crippen LogP contribution in [0.15, 0.2) is 30.3 Å². The summed E-state index contributed by atoms with van der Waals surface area (Å²) in [4.78, 5) is 13.7. The highest BCUT2D eigenvalue weighted by Crippen LogP contribution is 2.11. The Morgan fingerprint density at radius 2 is 1.95 bits per heavy atom. The second kappa shape index (κ2) is 7.26. The Bertz CT molecular complexity index is 388.